The topological polar surface area (TPSA) is 283 Å². The van der Waals surface area contributed by atoms with Crippen LogP contribution >= 0.6 is 0 Å². The highest BCUT2D eigenvalue weighted by Crippen LogP contribution is 2.36. The van der Waals surface area contributed by atoms with Gasteiger partial charge in [-0.25, -0.2) is 24.0 Å². The summed E-state index contributed by atoms with van der Waals surface area (Å²) in [5, 5.41) is 15.1. The van der Waals surface area contributed by atoms with Crippen LogP contribution in [0.4, 0.5) is 28.4 Å². The minimum Gasteiger partial charge on any atom is -0.422 e. The molecule has 0 aliphatic carbocycles. The molecule has 29 nitrogen and oxygen atoms in total. The lowest BCUT2D eigenvalue weighted by Crippen LogP contribution is -2.54. The Bertz CT molecular complexity index is 8400. The third kappa shape index (κ3) is 19.5. The van der Waals surface area contributed by atoms with Crippen LogP contribution in [0, 0.1) is 27.7 Å². The Balaban J connectivity index is 0.000000104. The molecule has 0 saturated carbocycles. The van der Waals surface area contributed by atoms with Gasteiger partial charge in [0.15, 0.2) is 0 Å². The van der Waals surface area contributed by atoms with Crippen molar-refractivity contribution in [3.05, 3.63) is 331 Å². The molecule has 0 bridgehead atoms. The van der Waals surface area contributed by atoms with Gasteiger partial charge in [-0.2, -0.15) is 0 Å². The quantitative estimate of drug-likeness (QED) is 0.107. The molecule has 20 heterocycles. The summed E-state index contributed by atoms with van der Waals surface area (Å²) in [5.74, 6) is 0. The Labute approximate surface area is 812 Å². The second kappa shape index (κ2) is 39.0. The van der Waals surface area contributed by atoms with Crippen LogP contribution in [0.2, 0.25) is 0 Å². The molecule has 5 aromatic carbocycles. The summed E-state index contributed by atoms with van der Waals surface area (Å²) in [4.78, 5) is 97.3. The average Bonchev–Trinajstić information content (AvgIpc) is 1.71. The third-order valence-electron chi connectivity index (χ3n) is 27.8. The first kappa shape index (κ1) is 91.9. The van der Waals surface area contributed by atoms with Crippen LogP contribution in [0.15, 0.2) is 303 Å². The average molecular weight is 1890 g/mol. The molecule has 3 N–H and O–H groups in total. The van der Waals surface area contributed by atoms with Crippen molar-refractivity contribution in [2.24, 2.45) is 0 Å². The number of aromatic nitrogens is 9. The molecule has 0 amide bonds. The van der Waals surface area contributed by atoms with Crippen LogP contribution in [0.3, 0.4) is 0 Å². The molecule has 20 aromatic rings. The Morgan fingerprint density at radius 3 is 0.887 bits per heavy atom. The van der Waals surface area contributed by atoms with Crippen molar-refractivity contribution in [2.45, 2.75) is 86.0 Å². The number of hydrogen-bond acceptors (Lipinski definition) is 24. The number of nitrogens with zero attached hydrogens (tertiary/aromatic N) is 16. The maximum absolute atomic E-state index is 12.8. The predicted octanol–water partition coefficient (Wildman–Crippen LogP) is 17.1. The number of benzene rings is 5. The van der Waals surface area contributed by atoms with Crippen LogP contribution in [0.25, 0.3) is 138 Å². The smallest absolute Gasteiger partial charge is 0.344 e. The first-order chi connectivity index (χ1) is 68.4. The third-order valence-corrected chi connectivity index (χ3v) is 27.8. The summed E-state index contributed by atoms with van der Waals surface area (Å²) in [6.07, 6.45) is 27.4. The van der Waals surface area contributed by atoms with E-state index in [1.807, 2.05) is 251 Å². The Morgan fingerprint density at radius 1 is 0.291 bits per heavy atom. The van der Waals surface area contributed by atoms with Crippen LogP contribution in [0.5, 0.6) is 0 Å². The Morgan fingerprint density at radius 2 is 0.574 bits per heavy atom. The maximum atomic E-state index is 12.8. The van der Waals surface area contributed by atoms with E-state index in [9.17, 15) is 24.0 Å². The Kier molecular flexibility index (Phi) is 25.4. The van der Waals surface area contributed by atoms with Gasteiger partial charge in [0, 0.05) is 328 Å². The number of likely N-dealkylation sites (N-methyl/N-ethyl adjacent to an activating group) is 2. The number of aryl methyl sites for hydroxylation is 4. The standard InChI is InChI=1S/2C23H24N4O2.C23H23N3O2.C22H22N4O2.C21H20N4O2/c1-14-11-27(12-15(2)25-14)19-5-4-17-8-20(23(28)29-22(17)10-19)18-9-21-16(3)24-6-7-26(21)13-18;1-16-21-13-18(15-27(21)9-6-24-16)20-12-17-4-5-19(14-22(17)29-23(20)28)26-8-3-7-25(2)10-11-26;1-15-12-26(13-16(2)24-15)20-7-6-17-10-21(23(27)28-22(17)11-20)18-9-19-5-3-4-8-25(19)14-18;1-15-20-12-17(14-26(20)6-5-23-15)19-11-16-3-4-18(13-21(16)28-22(19)27)25-9-7-24(2)8-10-25;1-14-19-11-16(13-25(19)9-6-23-14)18-10-15-2-3-17(12-20(15)27-21(18)26)24-7-4-22-5-8-24/h4-10,13-15,25H,11-12H2,1-3H3;4-6,9,12-15H,3,7-8,10-11H2,1-2H3;3-11,14-16,24H,12-13H2,1-2H3;3-6,11-14H,7-10H2,1-2H3;2-3,6,9-13,22H,4-5,7-8H2,1H3/t14-,15+;;15-,16+;;. The molecule has 716 valence electrons. The molecule has 5 fully saturated rings. The number of pyridine rings is 1. The lowest BCUT2D eigenvalue weighted by molar-refractivity contribution is 0.313. The molecule has 5 aliphatic rings. The lowest BCUT2D eigenvalue weighted by Gasteiger charge is -2.37. The second-order valence-electron chi connectivity index (χ2n) is 38.2. The van der Waals surface area contributed by atoms with E-state index in [1.54, 1.807) is 24.8 Å². The summed E-state index contributed by atoms with van der Waals surface area (Å²) in [6, 6.07) is 57.9. The first-order valence-electron chi connectivity index (χ1n) is 48.5. The van der Waals surface area contributed by atoms with Gasteiger partial charge in [0.1, 0.15) is 27.9 Å². The van der Waals surface area contributed by atoms with Crippen LogP contribution in [-0.4, -0.2) is 195 Å². The van der Waals surface area contributed by atoms with E-state index in [0.717, 1.165) is 245 Å². The molecule has 4 atom stereocenters. The van der Waals surface area contributed by atoms with Crippen molar-refractivity contribution in [3.8, 4) is 55.6 Å². The summed E-state index contributed by atoms with van der Waals surface area (Å²) in [6.45, 7) is 32.4. The number of rotatable bonds is 10. The van der Waals surface area contributed by atoms with Gasteiger partial charge in [0.05, 0.1) is 72.7 Å². The van der Waals surface area contributed by atoms with E-state index in [2.05, 4.69) is 142 Å². The van der Waals surface area contributed by atoms with E-state index in [1.165, 1.54) is 0 Å². The summed E-state index contributed by atoms with van der Waals surface area (Å²) in [5.41, 5.74) is 22.9. The monoisotopic (exact) mass is 1880 g/mol. The van der Waals surface area contributed by atoms with Gasteiger partial charge >= 0.3 is 28.1 Å². The van der Waals surface area contributed by atoms with Gasteiger partial charge in [0.2, 0.25) is 0 Å². The van der Waals surface area contributed by atoms with E-state index >= 15 is 0 Å². The van der Waals surface area contributed by atoms with Crippen molar-refractivity contribution in [1.82, 2.24) is 67.7 Å². The van der Waals surface area contributed by atoms with Gasteiger partial charge in [-0.1, -0.05) is 6.07 Å². The van der Waals surface area contributed by atoms with E-state index in [0.29, 0.717) is 79.9 Å². The normalized spacial score (nSPS) is 17.3. The minimum absolute atomic E-state index is 0.303. The van der Waals surface area contributed by atoms with Crippen molar-refractivity contribution < 1.29 is 22.1 Å². The highest BCUT2D eigenvalue weighted by molar-refractivity contribution is 5.91. The molecule has 0 radical (unpaired) electrons. The van der Waals surface area contributed by atoms with Gasteiger partial charge in [-0.05, 0) is 216 Å². The molecule has 0 spiro atoms. The molecular formula is C112H113N19O10. The van der Waals surface area contributed by atoms with E-state index in [-0.39, 0.29) is 28.1 Å². The molecule has 15 aromatic heterocycles. The van der Waals surface area contributed by atoms with Crippen LogP contribution < -0.4 is 68.6 Å². The summed E-state index contributed by atoms with van der Waals surface area (Å²) in [7, 11) is 4.30. The maximum Gasteiger partial charge on any atom is 0.344 e. The van der Waals surface area contributed by atoms with Gasteiger partial charge in [-0.3, -0.25) is 19.9 Å². The van der Waals surface area contributed by atoms with Gasteiger partial charge < -0.3 is 94.3 Å². The number of anilines is 5. The number of piperazine rings is 4. The zero-order chi connectivity index (χ0) is 97.0. The predicted molar refractivity (Wildman–Crippen MR) is 562 cm³/mol. The molecule has 5 saturated heterocycles. The lowest BCUT2D eigenvalue weighted by atomic mass is 10.1. The minimum atomic E-state index is -0.321. The molecule has 0 unspecified atom stereocenters. The zero-order valence-electron chi connectivity index (χ0n) is 80.8. The van der Waals surface area contributed by atoms with Crippen molar-refractivity contribution in [1.29, 1.82) is 0 Å². The van der Waals surface area contributed by atoms with Gasteiger partial charge in [0.25, 0.3) is 0 Å². The van der Waals surface area contributed by atoms with Crippen molar-refractivity contribution >= 4 is 111 Å². The highest BCUT2D eigenvalue weighted by atomic mass is 16.4. The second-order valence-corrected chi connectivity index (χ2v) is 38.2. The SMILES string of the molecule is C[C@@H]1CN(c2ccc3cc(-c4cc5ccccn5c4)c(=O)oc3c2)C[C@H](C)N1.Cc1nccn2cc(-c3cc4ccc(N5CCCN(C)CC5)cc4oc3=O)cc12.Cc1nccn2cc(-c3cc4ccc(N5CCN(C)CC5)cc4oc3=O)cc12.Cc1nccn2cc(-c3cc4ccc(N5CCNCC5)cc4oc3=O)cc12.Cc1nccn2cc(-c3cc4ccc(N5C[C@@H](C)N[C@@H](C)C5)cc4oc3=O)cc12. The number of fused-ring (bicyclic) bond motifs is 10. The molecule has 141 heavy (non-hydrogen) atoms. The van der Waals surface area contributed by atoms with E-state index < -0.39 is 0 Å². The van der Waals surface area contributed by atoms with Crippen molar-refractivity contribution in [3.63, 3.8) is 0 Å². The zero-order valence-corrected chi connectivity index (χ0v) is 80.8. The molecule has 5 aliphatic heterocycles. The Hall–Kier alpha value is -15.5. The number of nitrogens with one attached hydrogen (secondary N) is 3. The molecular weight excluding hydrogens is 1770 g/mol. The highest BCUT2D eigenvalue weighted by Gasteiger charge is 2.27. The van der Waals surface area contributed by atoms with Crippen molar-refractivity contribution in [2.75, 3.05) is 143 Å². The molecule has 25 rings (SSSR count). The van der Waals surface area contributed by atoms with E-state index in [4.69, 9.17) is 22.1 Å². The number of hydrogen-bond donors (Lipinski definition) is 3. The fourth-order valence-electron chi connectivity index (χ4n) is 20.4. The van der Waals surface area contributed by atoms with Crippen LogP contribution in [0.1, 0.15) is 56.9 Å². The molecule has 29 heteroatoms. The first-order valence-corrected chi connectivity index (χ1v) is 48.5. The summed E-state index contributed by atoms with van der Waals surface area (Å²) < 4.78 is 38.5. The van der Waals surface area contributed by atoms with Gasteiger partial charge in [-0.15, -0.1) is 0 Å². The fourth-order valence-corrected chi connectivity index (χ4v) is 20.4. The van der Waals surface area contributed by atoms with Crippen LogP contribution in [-0.2, 0) is 0 Å². The fraction of sp³-hybridized carbons (Fsp3) is 0.277. The summed E-state index contributed by atoms with van der Waals surface area (Å²) >= 11 is 0. The largest absolute Gasteiger partial charge is 0.422 e.